The Labute approximate surface area is 168 Å². The SMILES string of the molecule is CC1(C)CC(=O)C2=C(C1)Nc1ccccc1S[C@H]2c1ccc(Cl)c(Cl)c1. The molecule has 0 fully saturated rings. The molecular formula is C21H19Cl2NOS. The molecule has 0 saturated heterocycles. The van der Waals surface area contributed by atoms with E-state index < -0.39 is 0 Å². The summed E-state index contributed by atoms with van der Waals surface area (Å²) in [4.78, 5) is 14.2. The average Bonchev–Trinajstić information content (AvgIpc) is 2.72. The van der Waals surface area contributed by atoms with Crippen LogP contribution in [0, 0.1) is 5.41 Å². The molecule has 1 aliphatic carbocycles. The molecule has 1 atom stereocenters. The van der Waals surface area contributed by atoms with Crippen molar-refractivity contribution in [3.8, 4) is 0 Å². The summed E-state index contributed by atoms with van der Waals surface area (Å²) < 4.78 is 0. The first kappa shape index (κ1) is 18.0. The van der Waals surface area contributed by atoms with Crippen LogP contribution in [0.5, 0.6) is 0 Å². The van der Waals surface area contributed by atoms with Crippen molar-refractivity contribution < 1.29 is 4.79 Å². The van der Waals surface area contributed by atoms with E-state index in [1.807, 2.05) is 30.3 Å². The van der Waals surface area contributed by atoms with E-state index in [2.05, 4.69) is 31.3 Å². The molecule has 2 nitrogen and oxygen atoms in total. The van der Waals surface area contributed by atoms with Gasteiger partial charge in [0, 0.05) is 22.6 Å². The van der Waals surface area contributed by atoms with E-state index >= 15 is 0 Å². The van der Waals surface area contributed by atoms with Crippen molar-refractivity contribution in [2.75, 3.05) is 5.32 Å². The highest BCUT2D eigenvalue weighted by atomic mass is 35.5. The number of anilines is 1. The maximum absolute atomic E-state index is 13.1. The van der Waals surface area contributed by atoms with E-state index in [1.165, 1.54) is 0 Å². The molecule has 26 heavy (non-hydrogen) atoms. The number of hydrogen-bond donors (Lipinski definition) is 1. The van der Waals surface area contributed by atoms with Crippen LogP contribution >= 0.6 is 35.0 Å². The second-order valence-electron chi connectivity index (χ2n) is 7.63. The van der Waals surface area contributed by atoms with Gasteiger partial charge in [-0.15, -0.1) is 11.8 Å². The first-order chi connectivity index (χ1) is 12.3. The Morgan fingerprint density at radius 2 is 1.85 bits per heavy atom. The molecule has 134 valence electrons. The zero-order valence-corrected chi connectivity index (χ0v) is 16.9. The van der Waals surface area contributed by atoms with Crippen LogP contribution in [0.2, 0.25) is 10.0 Å². The maximum atomic E-state index is 13.1. The monoisotopic (exact) mass is 403 g/mol. The molecule has 4 rings (SSSR count). The fourth-order valence-corrected chi connectivity index (χ4v) is 5.32. The summed E-state index contributed by atoms with van der Waals surface area (Å²) >= 11 is 14.1. The van der Waals surface area contributed by atoms with Crippen LogP contribution < -0.4 is 5.32 Å². The minimum atomic E-state index is -0.0977. The molecule has 0 spiro atoms. The number of hydrogen-bond acceptors (Lipinski definition) is 3. The standard InChI is InChI=1S/C21H19Cl2NOS/c1-21(2)10-16-19(17(25)11-21)20(12-7-8-13(22)14(23)9-12)26-18-6-4-3-5-15(18)24-16/h3-9,20,24H,10-11H2,1-2H3/t20-/m0/s1. The number of halogens is 2. The number of rotatable bonds is 1. The van der Waals surface area contributed by atoms with E-state index in [0.29, 0.717) is 16.5 Å². The molecule has 1 N–H and O–H groups in total. The summed E-state index contributed by atoms with van der Waals surface area (Å²) in [6, 6.07) is 13.9. The maximum Gasteiger partial charge on any atom is 0.162 e. The van der Waals surface area contributed by atoms with Gasteiger partial charge in [-0.2, -0.15) is 0 Å². The zero-order chi connectivity index (χ0) is 18.5. The quantitative estimate of drug-likeness (QED) is 0.561. The van der Waals surface area contributed by atoms with Gasteiger partial charge in [0.1, 0.15) is 0 Å². The van der Waals surface area contributed by atoms with Crippen molar-refractivity contribution in [1.29, 1.82) is 0 Å². The first-order valence-electron chi connectivity index (χ1n) is 8.58. The van der Waals surface area contributed by atoms with Gasteiger partial charge in [0.15, 0.2) is 5.78 Å². The van der Waals surface area contributed by atoms with Gasteiger partial charge in [0.05, 0.1) is 21.0 Å². The predicted molar refractivity (Wildman–Crippen MR) is 110 cm³/mol. The van der Waals surface area contributed by atoms with Crippen LogP contribution in [-0.2, 0) is 4.79 Å². The summed E-state index contributed by atoms with van der Waals surface area (Å²) in [6.45, 7) is 4.29. The van der Waals surface area contributed by atoms with Gasteiger partial charge in [-0.25, -0.2) is 0 Å². The Hall–Kier alpha value is -1.42. The number of thioether (sulfide) groups is 1. The van der Waals surface area contributed by atoms with Crippen molar-refractivity contribution in [3.05, 3.63) is 69.3 Å². The number of carbonyl (C=O) groups is 1. The molecule has 2 aromatic carbocycles. The lowest BCUT2D eigenvalue weighted by Crippen LogP contribution is -2.29. The molecule has 0 amide bonds. The number of para-hydroxylation sites is 1. The Morgan fingerprint density at radius 3 is 2.62 bits per heavy atom. The number of allylic oxidation sites excluding steroid dienone is 1. The van der Waals surface area contributed by atoms with E-state index in [-0.39, 0.29) is 16.4 Å². The van der Waals surface area contributed by atoms with Crippen molar-refractivity contribution in [3.63, 3.8) is 0 Å². The van der Waals surface area contributed by atoms with E-state index in [0.717, 1.165) is 33.8 Å². The van der Waals surface area contributed by atoms with Gasteiger partial charge in [-0.05, 0) is 41.7 Å². The molecular weight excluding hydrogens is 385 g/mol. The minimum Gasteiger partial charge on any atom is -0.358 e. The van der Waals surface area contributed by atoms with E-state index in [1.54, 1.807) is 11.8 Å². The van der Waals surface area contributed by atoms with Crippen LogP contribution in [-0.4, -0.2) is 5.78 Å². The van der Waals surface area contributed by atoms with Crippen molar-refractivity contribution in [1.82, 2.24) is 0 Å². The molecule has 5 heteroatoms. The normalized spacial score (nSPS) is 21.5. The number of nitrogens with one attached hydrogen (secondary N) is 1. The van der Waals surface area contributed by atoms with Crippen LogP contribution in [0.4, 0.5) is 5.69 Å². The van der Waals surface area contributed by atoms with E-state index in [4.69, 9.17) is 23.2 Å². The molecule has 0 aromatic heterocycles. The van der Waals surface area contributed by atoms with Crippen molar-refractivity contribution in [2.24, 2.45) is 5.41 Å². The molecule has 1 aliphatic heterocycles. The van der Waals surface area contributed by atoms with E-state index in [9.17, 15) is 4.79 Å². The average molecular weight is 404 g/mol. The molecule has 0 saturated carbocycles. The van der Waals surface area contributed by atoms with Crippen LogP contribution in [0.3, 0.4) is 0 Å². The zero-order valence-electron chi connectivity index (χ0n) is 14.6. The molecule has 0 radical (unpaired) electrons. The number of Topliss-reactive ketones (excluding diaryl/α,β-unsaturated/α-hetero) is 1. The third kappa shape index (κ3) is 3.28. The fraction of sp³-hybridized carbons (Fsp3) is 0.286. The van der Waals surface area contributed by atoms with Gasteiger partial charge in [0.2, 0.25) is 0 Å². The fourth-order valence-electron chi connectivity index (χ4n) is 3.68. The van der Waals surface area contributed by atoms with Gasteiger partial charge in [-0.3, -0.25) is 4.79 Å². The predicted octanol–water partition coefficient (Wildman–Crippen LogP) is 6.90. The largest absolute Gasteiger partial charge is 0.358 e. The number of benzene rings is 2. The van der Waals surface area contributed by atoms with Crippen LogP contribution in [0.1, 0.15) is 37.5 Å². The Morgan fingerprint density at radius 1 is 1.08 bits per heavy atom. The lowest BCUT2D eigenvalue weighted by atomic mass is 9.74. The Bertz CT molecular complexity index is 935. The molecule has 2 aliphatic rings. The summed E-state index contributed by atoms with van der Waals surface area (Å²) in [6.07, 6.45) is 1.41. The van der Waals surface area contributed by atoms with Crippen LogP contribution in [0.15, 0.2) is 58.6 Å². The Balaban J connectivity index is 1.89. The first-order valence-corrected chi connectivity index (χ1v) is 10.2. The molecule has 0 bridgehead atoms. The highest BCUT2D eigenvalue weighted by molar-refractivity contribution is 8.00. The Kier molecular flexibility index (Phi) is 4.58. The number of ketones is 1. The van der Waals surface area contributed by atoms with Gasteiger partial charge in [0.25, 0.3) is 0 Å². The lowest BCUT2D eigenvalue weighted by molar-refractivity contribution is -0.118. The van der Waals surface area contributed by atoms with Crippen LogP contribution in [0.25, 0.3) is 0 Å². The summed E-state index contributed by atoms with van der Waals surface area (Å²) in [5.74, 6) is 0.208. The molecule has 1 heterocycles. The highest BCUT2D eigenvalue weighted by Crippen LogP contribution is 2.52. The summed E-state index contributed by atoms with van der Waals surface area (Å²) in [7, 11) is 0. The number of fused-ring (bicyclic) bond motifs is 1. The second-order valence-corrected chi connectivity index (χ2v) is 9.59. The molecule has 2 aromatic rings. The third-order valence-corrected chi connectivity index (χ3v) is 6.94. The van der Waals surface area contributed by atoms with Gasteiger partial charge in [-0.1, -0.05) is 55.2 Å². The van der Waals surface area contributed by atoms with Gasteiger partial charge >= 0.3 is 0 Å². The van der Waals surface area contributed by atoms with Gasteiger partial charge < -0.3 is 5.32 Å². The third-order valence-electron chi connectivity index (χ3n) is 4.85. The topological polar surface area (TPSA) is 29.1 Å². The highest BCUT2D eigenvalue weighted by Gasteiger charge is 2.39. The smallest absolute Gasteiger partial charge is 0.162 e. The lowest BCUT2D eigenvalue weighted by Gasteiger charge is -2.34. The molecule has 0 unspecified atom stereocenters. The van der Waals surface area contributed by atoms with Crippen molar-refractivity contribution in [2.45, 2.75) is 36.8 Å². The summed E-state index contributed by atoms with van der Waals surface area (Å²) in [5.41, 5.74) is 3.90. The van der Waals surface area contributed by atoms with Crippen molar-refractivity contribution >= 4 is 46.4 Å². The second kappa shape index (κ2) is 6.63. The number of carbonyl (C=O) groups excluding carboxylic acids is 1. The summed E-state index contributed by atoms with van der Waals surface area (Å²) in [5, 5.41) is 4.50. The minimum absolute atomic E-state index is 0.0466.